The monoisotopic (exact) mass is 1270 g/mol. The summed E-state index contributed by atoms with van der Waals surface area (Å²) in [5, 5.41) is 49.5. The second-order valence-electron chi connectivity index (χ2n) is 22.1. The third-order valence-corrected chi connectivity index (χ3v) is 13.1. The van der Waals surface area contributed by atoms with Crippen molar-refractivity contribution in [1.82, 2.24) is 58.5 Å². The summed E-state index contributed by atoms with van der Waals surface area (Å²) in [4.78, 5) is 152. The van der Waals surface area contributed by atoms with E-state index in [0.717, 1.165) is 25.7 Å². The first-order valence-electron chi connectivity index (χ1n) is 29.4. The fourth-order valence-electron chi connectivity index (χ4n) is 8.67. The molecule has 11 amide bonds. The molecule has 1 aliphatic heterocycles. The summed E-state index contributed by atoms with van der Waals surface area (Å²) in [5.74, 6) is -9.97. The van der Waals surface area contributed by atoms with E-state index in [1.165, 1.54) is 13.8 Å². The van der Waals surface area contributed by atoms with Crippen LogP contribution in [0.4, 0.5) is 0 Å². The average Bonchev–Trinajstić information content (AvgIpc) is 2.46. The van der Waals surface area contributed by atoms with Gasteiger partial charge in [-0.25, -0.2) is 8.42 Å². The SMILES string of the molecule is CCCCCCCC(=O)N[C@@H](CCN)C(=O)N[C@H](C(=O)N[C@@H](CCN)C(=O)N[C@H]1CCNC(=O)[C@H]([C@@H](C)O)NC(=O)[C@H](CCN)NC(=O)[C@H](CCN)NC(=O)[C@H](CC(C)C)NC(=O)[C@@H](CC(C)C)NC(=O)[C@H](CCN)NC1=O)[C@@H](C)O.CS(=O)(=O)[O-].[Na+]. The van der Waals surface area contributed by atoms with Crippen LogP contribution in [0.3, 0.4) is 0 Å². The van der Waals surface area contributed by atoms with Crippen molar-refractivity contribution in [2.24, 2.45) is 40.5 Å². The Kier molecular flexibility index (Phi) is 43.5. The molecule has 0 aromatic rings. The van der Waals surface area contributed by atoms with Crippen LogP contribution in [0, 0.1) is 11.8 Å². The van der Waals surface area contributed by atoms with Gasteiger partial charge in [-0.2, -0.15) is 0 Å². The van der Waals surface area contributed by atoms with Crippen LogP contribution in [0.15, 0.2) is 0 Å². The van der Waals surface area contributed by atoms with Crippen LogP contribution in [-0.2, 0) is 62.9 Å². The van der Waals surface area contributed by atoms with E-state index in [1.54, 1.807) is 27.7 Å². The molecule has 0 spiro atoms. The van der Waals surface area contributed by atoms with Gasteiger partial charge in [-0.3, -0.25) is 52.7 Å². The summed E-state index contributed by atoms with van der Waals surface area (Å²) in [5.41, 5.74) is 29.2. The van der Waals surface area contributed by atoms with E-state index in [4.69, 9.17) is 41.6 Å². The molecule has 0 radical (unpaired) electrons. The number of carbonyl (C=O) groups is 11. The van der Waals surface area contributed by atoms with E-state index in [9.17, 15) is 63.0 Å². The van der Waals surface area contributed by atoms with E-state index in [1.807, 2.05) is 0 Å². The van der Waals surface area contributed by atoms with Gasteiger partial charge in [-0.15, -0.1) is 0 Å². The number of amides is 11. The van der Waals surface area contributed by atoms with Crippen LogP contribution in [0.5, 0.6) is 0 Å². The van der Waals surface area contributed by atoms with Crippen molar-refractivity contribution >= 4 is 75.1 Å². The summed E-state index contributed by atoms with van der Waals surface area (Å²) in [6.07, 6.45) is 0.930. The van der Waals surface area contributed by atoms with E-state index < -0.39 is 161 Å². The largest absolute Gasteiger partial charge is 1.00 e. The van der Waals surface area contributed by atoms with Crippen LogP contribution >= 0.6 is 0 Å². The molecule has 1 aliphatic rings. The molecule has 32 nitrogen and oxygen atoms in total. The first-order chi connectivity index (χ1) is 40.3. The van der Waals surface area contributed by atoms with Gasteiger partial charge in [-0.05, 0) is 116 Å². The molecule has 12 atom stereocenters. The Morgan fingerprint density at radius 2 is 0.966 bits per heavy atom. The van der Waals surface area contributed by atoms with Gasteiger partial charge in [0.2, 0.25) is 65.0 Å². The Balaban J connectivity index is 0. The van der Waals surface area contributed by atoms with E-state index in [0.29, 0.717) is 12.7 Å². The number of carbonyl (C=O) groups excluding carboxylic acids is 11. The molecule has 1 rings (SSSR count). The molecule has 0 bridgehead atoms. The van der Waals surface area contributed by atoms with Gasteiger partial charge < -0.3 is 102 Å². The maximum absolute atomic E-state index is 14.4. The molecule has 0 aromatic carbocycles. The molecule has 0 saturated carbocycles. The number of rotatable bonds is 29. The molecule has 1 saturated heterocycles. The van der Waals surface area contributed by atoms with Crippen LogP contribution in [0.25, 0.3) is 0 Å². The predicted molar refractivity (Wildman–Crippen MR) is 317 cm³/mol. The van der Waals surface area contributed by atoms with Gasteiger partial charge in [0.1, 0.15) is 60.4 Å². The molecular formula is C53H101N16NaO16S. The normalized spacial score (nSPS) is 22.2. The molecule has 1 heterocycles. The first kappa shape index (κ1) is 83.9. The van der Waals surface area contributed by atoms with Gasteiger partial charge in [0, 0.05) is 19.2 Å². The molecule has 0 unspecified atom stereocenters. The summed E-state index contributed by atoms with van der Waals surface area (Å²) in [6.45, 7) is 10.5. The van der Waals surface area contributed by atoms with Gasteiger partial charge in [0.05, 0.1) is 22.3 Å². The smallest absolute Gasteiger partial charge is 0.748 e. The fourth-order valence-corrected chi connectivity index (χ4v) is 8.67. The number of unbranched alkanes of at least 4 members (excludes halogenated alkanes) is 4. The molecule has 496 valence electrons. The Hall–Kier alpha value is -5.20. The van der Waals surface area contributed by atoms with Crippen LogP contribution in [0.1, 0.15) is 138 Å². The molecule has 87 heavy (non-hydrogen) atoms. The second kappa shape index (κ2) is 45.1. The quantitative estimate of drug-likeness (QED) is 0.0188. The van der Waals surface area contributed by atoms with Crippen LogP contribution < -0.4 is 117 Å². The zero-order chi connectivity index (χ0) is 65.9. The Labute approximate surface area is 533 Å². The molecule has 0 aromatic heterocycles. The number of hydrogen-bond acceptors (Lipinski definition) is 21. The topological polar surface area (TPSA) is 548 Å². The first-order valence-corrected chi connectivity index (χ1v) is 31.2. The minimum Gasteiger partial charge on any atom is -0.748 e. The van der Waals surface area contributed by atoms with Crippen molar-refractivity contribution in [1.29, 1.82) is 0 Å². The molecule has 34 heteroatoms. The Morgan fingerprint density at radius 1 is 0.563 bits per heavy atom. The maximum Gasteiger partial charge on any atom is 1.00 e. The van der Waals surface area contributed by atoms with Crippen molar-refractivity contribution < 1.29 is 105 Å². The minimum atomic E-state index is -3.92. The van der Waals surface area contributed by atoms with Gasteiger partial charge >= 0.3 is 29.6 Å². The van der Waals surface area contributed by atoms with Gasteiger partial charge in [0.25, 0.3) is 0 Å². The van der Waals surface area contributed by atoms with Crippen molar-refractivity contribution in [2.75, 3.05) is 45.5 Å². The number of nitrogens with two attached hydrogens (primary N) is 5. The number of nitrogens with one attached hydrogen (secondary N) is 11. The third kappa shape index (κ3) is 35.5. The summed E-state index contributed by atoms with van der Waals surface area (Å²) in [7, 11) is -3.92. The van der Waals surface area contributed by atoms with Crippen molar-refractivity contribution in [3.8, 4) is 0 Å². The summed E-state index contributed by atoms with van der Waals surface area (Å²) < 4.78 is 27.2. The van der Waals surface area contributed by atoms with Crippen LogP contribution in [0.2, 0.25) is 0 Å². The van der Waals surface area contributed by atoms with E-state index in [-0.39, 0.29) is 125 Å². The standard InChI is InChI=1S/C52H98N16O13.CH4O3S.Na/c1-8-9-10-11-12-13-40(71)59-32(14-20-53)47(76)68-42(31(7)70)52(81)64-35(17-23-56)44(73)63-37-19-25-58-51(80)41(30(6)69)67-48(77)36(18-24-57)61-43(72)33(15-21-54)62-49(78)38(26-28(2)3)66-50(79)39(27-29(4)5)65-45(74)34(16-22-55)60-46(37)75;1-5(2,3)4;/h28-39,41-42,69-70H,8-27,53-57H2,1-7H3,(H,58,80)(H,59,71)(H,60,75)(H,61,72)(H,62,78)(H,63,73)(H,64,81)(H,65,74)(H,66,79)(H,67,77)(H,68,76);1H3,(H,2,3,4);/q;;+1/p-1/t30-,31-,32+,33+,34+,35+,36+,37+,38+,39-,41+,42+;;/m1../s1. The Morgan fingerprint density at radius 3 is 1.37 bits per heavy atom. The van der Waals surface area contributed by atoms with Crippen molar-refractivity contribution in [2.45, 2.75) is 211 Å². The maximum atomic E-state index is 14.4. The van der Waals surface area contributed by atoms with E-state index in [2.05, 4.69) is 65.4 Å². The Bertz CT molecular complexity index is 2280. The van der Waals surface area contributed by atoms with E-state index >= 15 is 0 Å². The summed E-state index contributed by atoms with van der Waals surface area (Å²) >= 11 is 0. The zero-order valence-electron chi connectivity index (χ0n) is 52.1. The van der Waals surface area contributed by atoms with Gasteiger partial charge in [-0.1, -0.05) is 60.3 Å². The molecule has 23 N–H and O–H groups in total. The number of hydrogen-bond donors (Lipinski definition) is 18. The minimum absolute atomic E-state index is 0. The molecule has 1 fully saturated rings. The zero-order valence-corrected chi connectivity index (χ0v) is 54.9. The van der Waals surface area contributed by atoms with Gasteiger partial charge in [0.15, 0.2) is 0 Å². The average molecular weight is 1270 g/mol. The fraction of sp³-hybridized carbons (Fsp3) is 0.792. The summed E-state index contributed by atoms with van der Waals surface area (Å²) in [6, 6.07) is -14.5. The van der Waals surface area contributed by atoms with Crippen LogP contribution in [-0.4, -0.2) is 206 Å². The van der Waals surface area contributed by atoms with Crippen molar-refractivity contribution in [3.05, 3.63) is 0 Å². The molecule has 0 aliphatic carbocycles. The number of aliphatic hydroxyl groups excluding tert-OH is 2. The third-order valence-electron chi connectivity index (χ3n) is 13.1. The predicted octanol–water partition coefficient (Wildman–Crippen LogP) is -9.52. The number of aliphatic hydroxyl groups is 2. The van der Waals surface area contributed by atoms with Crippen molar-refractivity contribution in [3.63, 3.8) is 0 Å². The second-order valence-corrected chi connectivity index (χ2v) is 23.5. The molecular weight excluding hydrogens is 1170 g/mol.